The second kappa shape index (κ2) is 6.45. The van der Waals surface area contributed by atoms with Gasteiger partial charge in [-0.3, -0.25) is 0 Å². The lowest BCUT2D eigenvalue weighted by Gasteiger charge is -2.15. The molecule has 3 nitrogen and oxygen atoms in total. The van der Waals surface area contributed by atoms with Crippen LogP contribution < -0.4 is 4.72 Å². The molecule has 0 bridgehead atoms. The van der Waals surface area contributed by atoms with Crippen molar-refractivity contribution in [2.24, 2.45) is 0 Å². The van der Waals surface area contributed by atoms with Crippen LogP contribution in [0.15, 0.2) is 40.6 Å². The molecule has 1 N–H and O–H groups in total. The fourth-order valence-electron chi connectivity index (χ4n) is 1.68. The van der Waals surface area contributed by atoms with Crippen LogP contribution in [0, 0.1) is 6.92 Å². The molecule has 0 saturated heterocycles. The van der Waals surface area contributed by atoms with E-state index in [1.165, 1.54) is 0 Å². The van der Waals surface area contributed by atoms with E-state index in [0.717, 1.165) is 22.5 Å². The fraction of sp³-hybridized carbons (Fsp3) is 0.231. The van der Waals surface area contributed by atoms with Crippen LogP contribution in [0.4, 0.5) is 0 Å². The van der Waals surface area contributed by atoms with Crippen molar-refractivity contribution in [3.8, 4) is 0 Å². The molecule has 20 heavy (non-hydrogen) atoms. The Morgan fingerprint density at radius 2 is 1.95 bits per heavy atom. The first-order valence-electron chi connectivity index (χ1n) is 5.83. The lowest BCUT2D eigenvalue weighted by molar-refractivity contribution is 0.570. The number of benzene rings is 1. The Labute approximate surface area is 132 Å². The average molecular weight is 350 g/mol. The zero-order valence-electron chi connectivity index (χ0n) is 10.6. The maximum atomic E-state index is 12.3. The highest BCUT2D eigenvalue weighted by atomic mass is 35.5. The van der Waals surface area contributed by atoms with Crippen molar-refractivity contribution in [1.82, 2.24) is 4.72 Å². The van der Waals surface area contributed by atoms with Crippen molar-refractivity contribution in [3.63, 3.8) is 0 Å². The van der Waals surface area contributed by atoms with Crippen LogP contribution in [0.5, 0.6) is 0 Å². The van der Waals surface area contributed by atoms with Gasteiger partial charge in [0.2, 0.25) is 0 Å². The number of alkyl halides is 1. The third-order valence-corrected chi connectivity index (χ3v) is 6.56. The highest BCUT2D eigenvalue weighted by molar-refractivity contribution is 7.91. The molecule has 2 aromatic rings. The van der Waals surface area contributed by atoms with E-state index >= 15 is 0 Å². The highest BCUT2D eigenvalue weighted by Gasteiger charge is 2.23. The Balaban J connectivity index is 2.27. The summed E-state index contributed by atoms with van der Waals surface area (Å²) in [5.74, 6) is 0.154. The van der Waals surface area contributed by atoms with E-state index in [0.29, 0.717) is 4.34 Å². The van der Waals surface area contributed by atoms with E-state index in [2.05, 4.69) is 4.72 Å². The van der Waals surface area contributed by atoms with E-state index in [1.807, 2.05) is 30.3 Å². The second-order valence-corrected chi connectivity index (χ2v) is 8.16. The summed E-state index contributed by atoms with van der Waals surface area (Å²) in [5, 5.41) is 0. The van der Waals surface area contributed by atoms with Crippen molar-refractivity contribution in [3.05, 3.63) is 51.9 Å². The predicted octanol–water partition coefficient (Wildman–Crippen LogP) is 3.97. The molecule has 2 rings (SSSR count). The van der Waals surface area contributed by atoms with Gasteiger partial charge in [-0.15, -0.1) is 22.9 Å². The number of hydrogen-bond donors (Lipinski definition) is 1. The lowest BCUT2D eigenvalue weighted by atomic mass is 10.1. The van der Waals surface area contributed by atoms with Gasteiger partial charge in [0.05, 0.1) is 10.4 Å². The number of thiophene rings is 1. The quantitative estimate of drug-likeness (QED) is 0.830. The van der Waals surface area contributed by atoms with E-state index in [-0.39, 0.29) is 10.1 Å². The number of rotatable bonds is 5. The van der Waals surface area contributed by atoms with E-state index in [1.54, 1.807) is 13.0 Å². The minimum atomic E-state index is -3.62. The molecule has 0 aliphatic carbocycles. The van der Waals surface area contributed by atoms with Gasteiger partial charge >= 0.3 is 0 Å². The molecule has 0 saturated carbocycles. The predicted molar refractivity (Wildman–Crippen MR) is 84.3 cm³/mol. The maximum Gasteiger partial charge on any atom is 0.250 e. The summed E-state index contributed by atoms with van der Waals surface area (Å²) in [6, 6.07) is 10.3. The third kappa shape index (κ3) is 3.54. The van der Waals surface area contributed by atoms with Crippen LogP contribution in [0.1, 0.15) is 17.2 Å². The summed E-state index contributed by atoms with van der Waals surface area (Å²) < 4.78 is 27.9. The smallest absolute Gasteiger partial charge is 0.206 e. The summed E-state index contributed by atoms with van der Waals surface area (Å²) in [6.07, 6.45) is 0. The average Bonchev–Trinajstić information content (AvgIpc) is 2.78. The van der Waals surface area contributed by atoms with Crippen LogP contribution in [-0.4, -0.2) is 14.3 Å². The van der Waals surface area contributed by atoms with Crippen LogP contribution >= 0.6 is 34.5 Å². The highest BCUT2D eigenvalue weighted by Crippen LogP contribution is 2.31. The van der Waals surface area contributed by atoms with Gasteiger partial charge in [0, 0.05) is 5.88 Å². The van der Waals surface area contributed by atoms with Gasteiger partial charge in [0.1, 0.15) is 4.21 Å². The molecule has 0 radical (unpaired) electrons. The first-order chi connectivity index (χ1) is 9.44. The third-order valence-electron chi connectivity index (χ3n) is 2.75. The topological polar surface area (TPSA) is 46.2 Å². The van der Waals surface area contributed by atoms with Crippen molar-refractivity contribution < 1.29 is 8.42 Å². The molecule has 0 aliphatic heterocycles. The molecule has 108 valence electrons. The number of hydrogen-bond acceptors (Lipinski definition) is 3. The molecule has 7 heteroatoms. The molecule has 1 unspecified atom stereocenters. The second-order valence-electron chi connectivity index (χ2n) is 4.26. The Kier molecular flexibility index (Phi) is 5.09. The van der Waals surface area contributed by atoms with Crippen molar-refractivity contribution in [2.75, 3.05) is 5.88 Å². The molecule has 1 heterocycles. The Morgan fingerprint density at radius 3 is 2.45 bits per heavy atom. The largest absolute Gasteiger partial charge is 0.250 e. The fourth-order valence-corrected chi connectivity index (χ4v) is 4.98. The minimum Gasteiger partial charge on any atom is -0.206 e. The van der Waals surface area contributed by atoms with Crippen LogP contribution in [0.2, 0.25) is 4.34 Å². The Morgan fingerprint density at radius 1 is 1.30 bits per heavy atom. The van der Waals surface area contributed by atoms with Gasteiger partial charge in [0.15, 0.2) is 0 Å². The SMILES string of the molecule is Cc1cc(S(=O)(=O)NC(CCl)c2ccccc2)sc1Cl. The Bertz CT molecular complexity index is 664. The van der Waals surface area contributed by atoms with Crippen LogP contribution in [-0.2, 0) is 10.0 Å². The Hall–Kier alpha value is -0.590. The van der Waals surface area contributed by atoms with E-state index < -0.39 is 16.1 Å². The summed E-state index contributed by atoms with van der Waals surface area (Å²) >= 11 is 12.8. The van der Waals surface area contributed by atoms with Crippen LogP contribution in [0.25, 0.3) is 0 Å². The summed E-state index contributed by atoms with van der Waals surface area (Å²) in [6.45, 7) is 1.77. The molecule has 1 aromatic heterocycles. The minimum absolute atomic E-state index is 0.154. The van der Waals surface area contributed by atoms with Gasteiger partial charge in [-0.2, -0.15) is 0 Å². The molecule has 1 atom stereocenters. The molecule has 0 aliphatic rings. The normalized spacial score (nSPS) is 13.3. The van der Waals surface area contributed by atoms with E-state index in [9.17, 15) is 8.42 Å². The first kappa shape index (κ1) is 15.8. The summed E-state index contributed by atoms with van der Waals surface area (Å²) in [7, 11) is -3.62. The first-order valence-corrected chi connectivity index (χ1v) is 9.04. The molecular formula is C13H13Cl2NO2S2. The van der Waals surface area contributed by atoms with Gasteiger partial charge in [0.25, 0.3) is 10.0 Å². The molecule has 0 fully saturated rings. The summed E-state index contributed by atoms with van der Waals surface area (Å²) in [5.41, 5.74) is 1.57. The standard InChI is InChI=1S/C13H13Cl2NO2S2/c1-9-7-12(19-13(9)15)20(17,18)16-11(8-14)10-5-3-2-4-6-10/h2-7,11,16H,8H2,1H3. The number of sulfonamides is 1. The zero-order chi connectivity index (χ0) is 14.8. The lowest BCUT2D eigenvalue weighted by Crippen LogP contribution is -2.29. The summed E-state index contributed by atoms with van der Waals surface area (Å²) in [4.78, 5) is 0. The van der Waals surface area contributed by atoms with Gasteiger partial charge < -0.3 is 0 Å². The zero-order valence-corrected chi connectivity index (χ0v) is 13.8. The molecular weight excluding hydrogens is 337 g/mol. The van der Waals surface area contributed by atoms with Gasteiger partial charge in [-0.05, 0) is 24.1 Å². The van der Waals surface area contributed by atoms with Crippen molar-refractivity contribution in [2.45, 2.75) is 17.2 Å². The molecule has 0 amide bonds. The van der Waals surface area contributed by atoms with E-state index in [4.69, 9.17) is 23.2 Å². The van der Waals surface area contributed by atoms with Crippen molar-refractivity contribution >= 4 is 44.6 Å². The van der Waals surface area contributed by atoms with Crippen LogP contribution in [0.3, 0.4) is 0 Å². The molecule has 1 aromatic carbocycles. The van der Waals surface area contributed by atoms with Crippen molar-refractivity contribution in [1.29, 1.82) is 0 Å². The van der Waals surface area contributed by atoms with Gasteiger partial charge in [-0.1, -0.05) is 41.9 Å². The number of aryl methyl sites for hydroxylation is 1. The molecule has 0 spiro atoms. The number of halogens is 2. The number of nitrogens with one attached hydrogen (secondary N) is 1. The maximum absolute atomic E-state index is 12.3. The van der Waals surface area contributed by atoms with Gasteiger partial charge in [-0.25, -0.2) is 13.1 Å². The monoisotopic (exact) mass is 349 g/mol.